The summed E-state index contributed by atoms with van der Waals surface area (Å²) >= 11 is 0. The van der Waals surface area contributed by atoms with Gasteiger partial charge < -0.3 is 15.2 Å². The molecule has 1 aromatic carbocycles. The van der Waals surface area contributed by atoms with Crippen LogP contribution < -0.4 is 10.5 Å². The van der Waals surface area contributed by atoms with Crippen LogP contribution in [0.5, 0.6) is 5.75 Å². The lowest BCUT2D eigenvalue weighted by atomic mass is 9.97. The van der Waals surface area contributed by atoms with Gasteiger partial charge in [0.25, 0.3) is 0 Å². The van der Waals surface area contributed by atoms with Gasteiger partial charge in [-0.15, -0.1) is 0 Å². The number of nitrogens with two attached hydrogens (primary N) is 1. The lowest BCUT2D eigenvalue weighted by Crippen LogP contribution is -2.16. The Morgan fingerprint density at radius 3 is 2.83 bits per heavy atom. The van der Waals surface area contributed by atoms with Crippen LogP contribution in [0.1, 0.15) is 37.8 Å². The monoisotopic (exact) mass is 249 g/mol. The third-order valence-corrected chi connectivity index (χ3v) is 3.22. The van der Waals surface area contributed by atoms with Gasteiger partial charge in [0, 0.05) is 19.8 Å². The lowest BCUT2D eigenvalue weighted by Gasteiger charge is -2.17. The highest BCUT2D eigenvalue weighted by atomic mass is 16.5. The fourth-order valence-corrected chi connectivity index (χ4v) is 2.12. The van der Waals surface area contributed by atoms with Gasteiger partial charge in [0.2, 0.25) is 0 Å². The third-order valence-electron chi connectivity index (χ3n) is 3.22. The number of hydrogen-bond donors (Lipinski definition) is 1. The molecule has 3 nitrogen and oxygen atoms in total. The standard InChI is InChI=1S/C15H23NO2/c1-11(10-17-2)8-15(16)12-4-3-5-14(9-12)18-13-6-7-13/h3-5,9,11,13,15H,6-8,10,16H2,1-2H3. The zero-order valence-corrected chi connectivity index (χ0v) is 11.3. The molecule has 3 heteroatoms. The number of methoxy groups -OCH3 is 1. The first-order chi connectivity index (χ1) is 8.69. The number of hydrogen-bond acceptors (Lipinski definition) is 3. The van der Waals surface area contributed by atoms with E-state index in [9.17, 15) is 0 Å². The Hall–Kier alpha value is -1.06. The van der Waals surface area contributed by atoms with Crippen molar-refractivity contribution in [3.05, 3.63) is 29.8 Å². The molecule has 1 aliphatic carbocycles. The Kier molecular flexibility index (Phi) is 4.61. The molecule has 0 radical (unpaired) electrons. The van der Waals surface area contributed by atoms with Crippen molar-refractivity contribution in [1.29, 1.82) is 0 Å². The van der Waals surface area contributed by atoms with Crippen molar-refractivity contribution in [2.24, 2.45) is 11.7 Å². The minimum atomic E-state index is 0.0536. The molecule has 100 valence electrons. The summed E-state index contributed by atoms with van der Waals surface area (Å²) in [6, 6.07) is 8.23. The Morgan fingerprint density at radius 1 is 1.39 bits per heavy atom. The molecule has 2 rings (SSSR count). The van der Waals surface area contributed by atoms with Crippen LogP contribution in [0.2, 0.25) is 0 Å². The van der Waals surface area contributed by atoms with Crippen molar-refractivity contribution in [2.75, 3.05) is 13.7 Å². The van der Waals surface area contributed by atoms with Gasteiger partial charge in [-0.05, 0) is 42.9 Å². The van der Waals surface area contributed by atoms with E-state index >= 15 is 0 Å². The Morgan fingerprint density at radius 2 is 2.17 bits per heavy atom. The van der Waals surface area contributed by atoms with Crippen molar-refractivity contribution in [3.63, 3.8) is 0 Å². The molecule has 1 fully saturated rings. The van der Waals surface area contributed by atoms with E-state index in [0.717, 1.165) is 24.3 Å². The molecular weight excluding hydrogens is 226 g/mol. The molecule has 0 amide bonds. The van der Waals surface area contributed by atoms with Crippen molar-refractivity contribution in [1.82, 2.24) is 0 Å². The second kappa shape index (κ2) is 6.21. The van der Waals surface area contributed by atoms with E-state index in [-0.39, 0.29) is 6.04 Å². The van der Waals surface area contributed by atoms with Crippen LogP contribution >= 0.6 is 0 Å². The maximum Gasteiger partial charge on any atom is 0.120 e. The fourth-order valence-electron chi connectivity index (χ4n) is 2.12. The van der Waals surface area contributed by atoms with Crippen molar-refractivity contribution in [2.45, 2.75) is 38.3 Å². The third kappa shape index (κ3) is 4.00. The molecule has 1 aromatic rings. The summed E-state index contributed by atoms with van der Waals surface area (Å²) in [6.45, 7) is 2.92. The average Bonchev–Trinajstić information content (AvgIpc) is 3.13. The Bertz CT molecular complexity index is 377. The summed E-state index contributed by atoms with van der Waals surface area (Å²) in [6.07, 6.45) is 3.73. The summed E-state index contributed by atoms with van der Waals surface area (Å²) < 4.78 is 10.9. The molecule has 1 aliphatic rings. The van der Waals surface area contributed by atoms with Crippen molar-refractivity contribution >= 4 is 0 Å². The normalized spacial score (nSPS) is 18.4. The lowest BCUT2D eigenvalue weighted by molar-refractivity contribution is 0.152. The van der Waals surface area contributed by atoms with Crippen molar-refractivity contribution in [3.8, 4) is 5.75 Å². The molecule has 0 spiro atoms. The summed E-state index contributed by atoms with van der Waals surface area (Å²) in [5.41, 5.74) is 7.38. The van der Waals surface area contributed by atoms with Crippen LogP contribution in [0.3, 0.4) is 0 Å². The quantitative estimate of drug-likeness (QED) is 0.808. The predicted molar refractivity (Wildman–Crippen MR) is 72.7 cm³/mol. The first kappa shape index (κ1) is 13.4. The van der Waals surface area contributed by atoms with E-state index in [2.05, 4.69) is 19.1 Å². The first-order valence-corrected chi connectivity index (χ1v) is 6.70. The van der Waals surface area contributed by atoms with Gasteiger partial charge in [-0.25, -0.2) is 0 Å². The van der Waals surface area contributed by atoms with Gasteiger partial charge in [-0.3, -0.25) is 0 Å². The summed E-state index contributed by atoms with van der Waals surface area (Å²) in [5.74, 6) is 1.42. The molecule has 2 N–H and O–H groups in total. The zero-order valence-electron chi connectivity index (χ0n) is 11.3. The number of rotatable bonds is 7. The van der Waals surface area contributed by atoms with Crippen LogP contribution in [0.15, 0.2) is 24.3 Å². The average molecular weight is 249 g/mol. The minimum Gasteiger partial charge on any atom is -0.490 e. The summed E-state index contributed by atoms with van der Waals surface area (Å²) in [4.78, 5) is 0. The molecule has 1 saturated carbocycles. The molecule has 0 heterocycles. The van der Waals surface area contributed by atoms with Crippen molar-refractivity contribution < 1.29 is 9.47 Å². The van der Waals surface area contributed by atoms with Crippen LogP contribution in [0, 0.1) is 5.92 Å². The maximum atomic E-state index is 6.23. The minimum absolute atomic E-state index is 0.0536. The predicted octanol–water partition coefficient (Wildman–Crippen LogP) is 2.90. The molecule has 2 atom stereocenters. The highest BCUT2D eigenvalue weighted by Crippen LogP contribution is 2.29. The number of ether oxygens (including phenoxy) is 2. The van der Waals surface area contributed by atoms with E-state index in [1.165, 1.54) is 12.8 Å². The van der Waals surface area contributed by atoms with Gasteiger partial charge >= 0.3 is 0 Å². The molecular formula is C15H23NO2. The molecule has 18 heavy (non-hydrogen) atoms. The highest BCUT2D eigenvalue weighted by Gasteiger charge is 2.23. The fraction of sp³-hybridized carbons (Fsp3) is 0.600. The van der Waals surface area contributed by atoms with E-state index < -0.39 is 0 Å². The van der Waals surface area contributed by atoms with E-state index in [0.29, 0.717) is 12.0 Å². The van der Waals surface area contributed by atoms with Gasteiger partial charge in [0.1, 0.15) is 5.75 Å². The Balaban J connectivity index is 1.93. The van der Waals surface area contributed by atoms with E-state index in [1.807, 2.05) is 12.1 Å². The summed E-state index contributed by atoms with van der Waals surface area (Å²) in [5, 5.41) is 0. The van der Waals surface area contributed by atoms with Crippen LogP contribution in [-0.4, -0.2) is 19.8 Å². The molecule has 0 aliphatic heterocycles. The van der Waals surface area contributed by atoms with Gasteiger partial charge in [-0.2, -0.15) is 0 Å². The van der Waals surface area contributed by atoms with E-state index in [4.69, 9.17) is 15.2 Å². The molecule has 0 aromatic heterocycles. The van der Waals surface area contributed by atoms with Crippen LogP contribution in [0.4, 0.5) is 0 Å². The smallest absolute Gasteiger partial charge is 0.120 e. The summed E-state index contributed by atoms with van der Waals surface area (Å²) in [7, 11) is 1.73. The van der Waals surface area contributed by atoms with E-state index in [1.54, 1.807) is 7.11 Å². The largest absolute Gasteiger partial charge is 0.490 e. The number of benzene rings is 1. The topological polar surface area (TPSA) is 44.5 Å². The van der Waals surface area contributed by atoms with Gasteiger partial charge in [0.15, 0.2) is 0 Å². The van der Waals surface area contributed by atoms with Crippen LogP contribution in [-0.2, 0) is 4.74 Å². The molecule has 0 bridgehead atoms. The van der Waals surface area contributed by atoms with Gasteiger partial charge in [0.05, 0.1) is 6.10 Å². The Labute approximate surface area is 109 Å². The molecule has 0 saturated heterocycles. The second-order valence-corrected chi connectivity index (χ2v) is 5.29. The zero-order chi connectivity index (χ0) is 13.0. The van der Waals surface area contributed by atoms with Crippen LogP contribution in [0.25, 0.3) is 0 Å². The SMILES string of the molecule is COCC(C)CC(N)c1cccc(OC2CC2)c1. The highest BCUT2D eigenvalue weighted by molar-refractivity contribution is 5.31. The maximum absolute atomic E-state index is 6.23. The second-order valence-electron chi connectivity index (χ2n) is 5.29. The first-order valence-electron chi connectivity index (χ1n) is 6.70. The molecule has 2 unspecified atom stereocenters. The van der Waals surface area contributed by atoms with Gasteiger partial charge in [-0.1, -0.05) is 19.1 Å².